The van der Waals surface area contributed by atoms with Crippen LogP contribution in [0.3, 0.4) is 0 Å². The third-order valence-corrected chi connectivity index (χ3v) is 2.80. The molecule has 1 heterocycles. The Labute approximate surface area is 105 Å². The number of aryl methyl sites for hydroxylation is 3. The van der Waals surface area contributed by atoms with E-state index in [9.17, 15) is 9.90 Å². The maximum atomic E-state index is 12.0. The second kappa shape index (κ2) is 4.52. The molecule has 0 spiro atoms. The Morgan fingerprint density at radius 1 is 1.33 bits per heavy atom. The summed E-state index contributed by atoms with van der Waals surface area (Å²) >= 11 is 0. The summed E-state index contributed by atoms with van der Waals surface area (Å²) in [6, 6.07) is 3.31. The first-order chi connectivity index (χ1) is 8.49. The van der Waals surface area contributed by atoms with Gasteiger partial charge < -0.3 is 9.67 Å². The van der Waals surface area contributed by atoms with Gasteiger partial charge in [-0.2, -0.15) is 0 Å². The molecule has 1 aromatic carbocycles. The molecule has 0 aliphatic carbocycles. The van der Waals surface area contributed by atoms with Crippen molar-refractivity contribution >= 4 is 11.9 Å². The monoisotopic (exact) mass is 245 g/mol. The van der Waals surface area contributed by atoms with Gasteiger partial charge in [-0.1, -0.05) is 0 Å². The topological polar surface area (TPSA) is 67.2 Å². The molecular weight excluding hydrogens is 230 g/mol. The molecule has 94 valence electrons. The molecule has 0 saturated heterocycles. The van der Waals surface area contributed by atoms with Gasteiger partial charge in [0.25, 0.3) is 5.91 Å². The molecule has 0 saturated carbocycles. The maximum absolute atomic E-state index is 12.0. The second-order valence-electron chi connectivity index (χ2n) is 4.27. The smallest absolute Gasteiger partial charge is 0.257 e. The quantitative estimate of drug-likeness (QED) is 0.850. The van der Waals surface area contributed by atoms with Crippen molar-refractivity contribution in [3.63, 3.8) is 0 Å². The fourth-order valence-electron chi connectivity index (χ4n) is 1.75. The predicted molar refractivity (Wildman–Crippen MR) is 68.7 cm³/mol. The van der Waals surface area contributed by atoms with Gasteiger partial charge in [-0.15, -0.1) is 0 Å². The minimum absolute atomic E-state index is 0.226. The number of phenolic OH excluding ortho intramolecular Hbond substituents is 1. The number of aromatic hydroxyl groups is 1. The van der Waals surface area contributed by atoms with Crippen molar-refractivity contribution in [1.29, 1.82) is 0 Å². The largest absolute Gasteiger partial charge is 0.507 e. The molecule has 18 heavy (non-hydrogen) atoms. The predicted octanol–water partition coefficient (Wildman–Crippen LogP) is 1.99. The fraction of sp³-hybridized carbons (Fsp3) is 0.231. The van der Waals surface area contributed by atoms with E-state index in [0.717, 1.165) is 0 Å². The Morgan fingerprint density at radius 2 is 1.94 bits per heavy atom. The Balaban J connectivity index is 2.27. The van der Waals surface area contributed by atoms with Crippen LogP contribution in [0.4, 0.5) is 5.95 Å². The molecule has 2 N–H and O–H groups in total. The number of imidazole rings is 1. The van der Waals surface area contributed by atoms with Gasteiger partial charge in [0.1, 0.15) is 5.75 Å². The van der Waals surface area contributed by atoms with Crippen molar-refractivity contribution in [2.24, 2.45) is 7.05 Å². The van der Waals surface area contributed by atoms with Crippen LogP contribution >= 0.6 is 0 Å². The van der Waals surface area contributed by atoms with Gasteiger partial charge in [0, 0.05) is 25.0 Å². The summed E-state index contributed by atoms with van der Waals surface area (Å²) in [4.78, 5) is 16.1. The van der Waals surface area contributed by atoms with Crippen LogP contribution in [0.2, 0.25) is 0 Å². The van der Waals surface area contributed by atoms with E-state index in [1.807, 2.05) is 0 Å². The highest BCUT2D eigenvalue weighted by Crippen LogP contribution is 2.23. The third-order valence-electron chi connectivity index (χ3n) is 2.80. The SMILES string of the molecule is Cc1cc(C(=O)Nc2nccn2C)cc(C)c1O. The molecule has 5 heteroatoms. The number of hydrogen-bond donors (Lipinski definition) is 2. The van der Waals surface area contributed by atoms with Gasteiger partial charge >= 0.3 is 0 Å². The van der Waals surface area contributed by atoms with Crippen molar-refractivity contribution in [1.82, 2.24) is 9.55 Å². The molecule has 0 aliphatic rings. The summed E-state index contributed by atoms with van der Waals surface area (Å²) in [6.07, 6.45) is 3.37. The number of benzene rings is 1. The summed E-state index contributed by atoms with van der Waals surface area (Å²) in [5, 5.41) is 12.4. The standard InChI is InChI=1S/C13H15N3O2/c1-8-6-10(7-9(2)11(8)17)12(18)15-13-14-4-5-16(13)3/h4-7,17H,1-3H3,(H,14,15,18). The third kappa shape index (κ3) is 2.20. The summed E-state index contributed by atoms with van der Waals surface area (Å²) in [7, 11) is 1.80. The van der Waals surface area contributed by atoms with E-state index in [4.69, 9.17) is 0 Å². The highest BCUT2D eigenvalue weighted by atomic mass is 16.3. The number of carbonyl (C=O) groups is 1. The van der Waals surface area contributed by atoms with E-state index in [2.05, 4.69) is 10.3 Å². The van der Waals surface area contributed by atoms with Crippen LogP contribution in [0.5, 0.6) is 5.75 Å². The van der Waals surface area contributed by atoms with E-state index in [1.165, 1.54) is 0 Å². The fourth-order valence-corrected chi connectivity index (χ4v) is 1.75. The zero-order valence-electron chi connectivity index (χ0n) is 10.6. The van der Waals surface area contributed by atoms with Crippen molar-refractivity contribution in [3.8, 4) is 5.75 Å². The molecule has 1 amide bonds. The van der Waals surface area contributed by atoms with Crippen molar-refractivity contribution in [3.05, 3.63) is 41.2 Å². The minimum atomic E-state index is -0.240. The number of nitrogens with one attached hydrogen (secondary N) is 1. The zero-order valence-corrected chi connectivity index (χ0v) is 10.6. The van der Waals surface area contributed by atoms with Gasteiger partial charge in [0.15, 0.2) is 0 Å². The molecule has 5 nitrogen and oxygen atoms in total. The molecule has 0 radical (unpaired) electrons. The Morgan fingerprint density at radius 3 is 2.44 bits per heavy atom. The molecule has 0 atom stereocenters. The van der Waals surface area contributed by atoms with Gasteiger partial charge in [0.05, 0.1) is 0 Å². The van der Waals surface area contributed by atoms with Gasteiger partial charge in [0.2, 0.25) is 5.95 Å². The van der Waals surface area contributed by atoms with Crippen LogP contribution in [0.15, 0.2) is 24.5 Å². The normalized spacial score (nSPS) is 10.4. The summed E-state index contributed by atoms with van der Waals surface area (Å²) in [6.45, 7) is 3.53. The number of hydrogen-bond acceptors (Lipinski definition) is 3. The van der Waals surface area contributed by atoms with Crippen LogP contribution in [-0.4, -0.2) is 20.6 Å². The first-order valence-corrected chi connectivity index (χ1v) is 5.58. The highest BCUT2D eigenvalue weighted by Gasteiger charge is 2.12. The van der Waals surface area contributed by atoms with E-state index in [0.29, 0.717) is 22.6 Å². The lowest BCUT2D eigenvalue weighted by Crippen LogP contribution is -2.15. The summed E-state index contributed by atoms with van der Waals surface area (Å²) < 4.78 is 1.72. The number of aromatic nitrogens is 2. The Bertz CT molecular complexity index is 579. The number of nitrogens with zero attached hydrogens (tertiary/aromatic N) is 2. The van der Waals surface area contributed by atoms with Crippen LogP contribution in [0.25, 0.3) is 0 Å². The first-order valence-electron chi connectivity index (χ1n) is 5.58. The lowest BCUT2D eigenvalue weighted by atomic mass is 10.1. The lowest BCUT2D eigenvalue weighted by molar-refractivity contribution is 0.102. The molecule has 0 unspecified atom stereocenters. The zero-order chi connectivity index (χ0) is 13.3. The average Bonchev–Trinajstić information content (AvgIpc) is 2.71. The molecule has 1 aromatic heterocycles. The van der Waals surface area contributed by atoms with E-state index < -0.39 is 0 Å². The Hall–Kier alpha value is -2.30. The van der Waals surface area contributed by atoms with E-state index in [1.54, 1.807) is 50.0 Å². The van der Waals surface area contributed by atoms with Crippen LogP contribution in [-0.2, 0) is 7.05 Å². The number of amides is 1. The Kier molecular flexibility index (Phi) is 3.06. The van der Waals surface area contributed by atoms with Crippen molar-refractivity contribution in [2.45, 2.75) is 13.8 Å². The van der Waals surface area contributed by atoms with Gasteiger partial charge in [-0.05, 0) is 37.1 Å². The van der Waals surface area contributed by atoms with Crippen LogP contribution in [0, 0.1) is 13.8 Å². The molecule has 2 rings (SSSR count). The maximum Gasteiger partial charge on any atom is 0.257 e. The van der Waals surface area contributed by atoms with Crippen molar-refractivity contribution in [2.75, 3.05) is 5.32 Å². The van der Waals surface area contributed by atoms with Gasteiger partial charge in [-0.25, -0.2) is 4.98 Å². The minimum Gasteiger partial charge on any atom is -0.507 e. The molecular formula is C13H15N3O2. The van der Waals surface area contributed by atoms with Gasteiger partial charge in [-0.3, -0.25) is 10.1 Å². The molecule has 0 fully saturated rings. The second-order valence-corrected chi connectivity index (χ2v) is 4.27. The molecule has 0 aliphatic heterocycles. The molecule has 2 aromatic rings. The number of rotatable bonds is 2. The highest BCUT2D eigenvalue weighted by molar-refractivity contribution is 6.03. The summed E-state index contributed by atoms with van der Waals surface area (Å²) in [5.41, 5.74) is 1.87. The number of carbonyl (C=O) groups excluding carboxylic acids is 1. The number of anilines is 1. The van der Waals surface area contributed by atoms with Crippen LogP contribution in [0.1, 0.15) is 21.5 Å². The lowest BCUT2D eigenvalue weighted by Gasteiger charge is -2.08. The number of phenols is 1. The first kappa shape index (κ1) is 12.2. The van der Waals surface area contributed by atoms with E-state index >= 15 is 0 Å². The van der Waals surface area contributed by atoms with E-state index in [-0.39, 0.29) is 11.7 Å². The summed E-state index contributed by atoms with van der Waals surface area (Å²) in [5.74, 6) is 0.474. The van der Waals surface area contributed by atoms with Crippen LogP contribution < -0.4 is 5.32 Å². The van der Waals surface area contributed by atoms with Crippen molar-refractivity contribution < 1.29 is 9.90 Å². The average molecular weight is 245 g/mol. The molecule has 0 bridgehead atoms.